The Bertz CT molecular complexity index is 961. The Morgan fingerprint density at radius 1 is 1.10 bits per heavy atom. The van der Waals surface area contributed by atoms with Crippen LogP contribution in [0.15, 0.2) is 59.8 Å². The molecule has 0 radical (unpaired) electrons. The van der Waals surface area contributed by atoms with Crippen LogP contribution in [-0.4, -0.2) is 26.0 Å². The molecule has 0 fully saturated rings. The van der Waals surface area contributed by atoms with Crippen LogP contribution >= 0.6 is 11.8 Å². The molecular formula is C22H27N5OS. The number of benzene rings is 2. The highest BCUT2D eigenvalue weighted by molar-refractivity contribution is 8.00. The summed E-state index contributed by atoms with van der Waals surface area (Å²) < 4.78 is 1.44. The molecule has 0 bridgehead atoms. The second kappa shape index (κ2) is 8.69. The summed E-state index contributed by atoms with van der Waals surface area (Å²) in [5.74, 6) is 6.71. The molecule has 3 N–H and O–H groups in total. The molecule has 1 atom stereocenters. The number of carbonyl (C=O) groups excluding carboxylic acids is 1. The van der Waals surface area contributed by atoms with E-state index < -0.39 is 0 Å². The average molecular weight is 410 g/mol. The van der Waals surface area contributed by atoms with Crippen molar-refractivity contribution < 1.29 is 4.79 Å². The number of amides is 1. The van der Waals surface area contributed by atoms with Gasteiger partial charge in [-0.25, -0.2) is 4.68 Å². The van der Waals surface area contributed by atoms with Crippen LogP contribution in [0.3, 0.4) is 0 Å². The molecule has 0 aliphatic rings. The molecule has 0 saturated heterocycles. The number of nitrogens with zero attached hydrogens (tertiary/aromatic N) is 3. The van der Waals surface area contributed by atoms with Gasteiger partial charge in [-0.2, -0.15) is 0 Å². The summed E-state index contributed by atoms with van der Waals surface area (Å²) in [6, 6.07) is 18.0. The molecule has 0 spiro atoms. The van der Waals surface area contributed by atoms with Crippen LogP contribution in [0.4, 0.5) is 0 Å². The fourth-order valence-corrected chi connectivity index (χ4v) is 3.61. The van der Waals surface area contributed by atoms with Gasteiger partial charge in [-0.05, 0) is 23.5 Å². The fraction of sp³-hybridized carbons (Fsp3) is 0.318. The number of nitrogens with two attached hydrogens (primary N) is 1. The third-order valence-electron chi connectivity index (χ3n) is 4.63. The van der Waals surface area contributed by atoms with Crippen molar-refractivity contribution >= 4 is 17.7 Å². The number of nitrogens with one attached hydrogen (secondary N) is 1. The van der Waals surface area contributed by atoms with E-state index in [4.69, 9.17) is 5.84 Å². The van der Waals surface area contributed by atoms with Crippen LogP contribution in [0, 0.1) is 0 Å². The smallest absolute Gasteiger partial charge is 0.233 e. The zero-order valence-electron chi connectivity index (χ0n) is 17.2. The van der Waals surface area contributed by atoms with Crippen LogP contribution in [0.2, 0.25) is 0 Å². The third kappa shape index (κ3) is 5.17. The van der Waals surface area contributed by atoms with E-state index in [1.807, 2.05) is 49.4 Å². The predicted octanol–water partition coefficient (Wildman–Crippen LogP) is 3.75. The summed E-state index contributed by atoms with van der Waals surface area (Å²) in [7, 11) is 0. The van der Waals surface area contributed by atoms with Gasteiger partial charge in [0.05, 0.1) is 5.25 Å². The Balaban J connectivity index is 1.65. The molecule has 0 saturated carbocycles. The van der Waals surface area contributed by atoms with Gasteiger partial charge in [0.2, 0.25) is 11.1 Å². The lowest BCUT2D eigenvalue weighted by atomic mass is 9.87. The zero-order valence-corrected chi connectivity index (χ0v) is 18.0. The summed E-state index contributed by atoms with van der Waals surface area (Å²) in [6.07, 6.45) is 0. The molecule has 2 aromatic carbocycles. The zero-order chi connectivity index (χ0) is 21.0. The molecule has 0 aliphatic carbocycles. The minimum Gasteiger partial charge on any atom is -0.351 e. The topological polar surface area (TPSA) is 85.8 Å². The first-order valence-corrected chi connectivity index (χ1v) is 10.4. The van der Waals surface area contributed by atoms with Crippen molar-refractivity contribution in [3.63, 3.8) is 0 Å². The number of rotatable bonds is 6. The summed E-state index contributed by atoms with van der Waals surface area (Å²) in [5.41, 5.74) is 3.27. The minimum atomic E-state index is -0.346. The van der Waals surface area contributed by atoms with Crippen molar-refractivity contribution in [3.8, 4) is 11.4 Å². The Kier molecular flexibility index (Phi) is 6.27. The van der Waals surface area contributed by atoms with Gasteiger partial charge >= 0.3 is 0 Å². The third-order valence-corrected chi connectivity index (χ3v) is 5.69. The quantitative estimate of drug-likeness (QED) is 0.478. The number of nitrogen functional groups attached to an aromatic ring is 1. The van der Waals surface area contributed by atoms with Crippen molar-refractivity contribution in [1.29, 1.82) is 0 Å². The Hall–Kier alpha value is -2.80. The van der Waals surface area contributed by atoms with Crippen molar-refractivity contribution in [2.45, 2.75) is 50.1 Å². The van der Waals surface area contributed by atoms with Gasteiger partial charge in [-0.15, -0.1) is 10.2 Å². The normalized spacial score (nSPS) is 12.6. The van der Waals surface area contributed by atoms with Crippen LogP contribution < -0.4 is 11.2 Å². The molecule has 1 aromatic heterocycles. The minimum absolute atomic E-state index is 0.0714. The van der Waals surface area contributed by atoms with E-state index >= 15 is 0 Å². The number of hydrogen-bond acceptors (Lipinski definition) is 5. The van der Waals surface area contributed by atoms with Crippen molar-refractivity contribution in [2.75, 3.05) is 5.84 Å². The predicted molar refractivity (Wildman–Crippen MR) is 118 cm³/mol. The molecule has 152 valence electrons. The first-order chi connectivity index (χ1) is 13.8. The highest BCUT2D eigenvalue weighted by atomic mass is 32.2. The van der Waals surface area contributed by atoms with Crippen molar-refractivity contribution in [3.05, 3.63) is 65.7 Å². The lowest BCUT2D eigenvalue weighted by Crippen LogP contribution is -2.30. The maximum absolute atomic E-state index is 12.4. The molecule has 1 heterocycles. The van der Waals surface area contributed by atoms with E-state index in [0.717, 1.165) is 11.1 Å². The summed E-state index contributed by atoms with van der Waals surface area (Å²) >= 11 is 1.29. The molecule has 7 heteroatoms. The van der Waals surface area contributed by atoms with Crippen LogP contribution in [0.1, 0.15) is 38.8 Å². The molecule has 0 aliphatic heterocycles. The van der Waals surface area contributed by atoms with Gasteiger partial charge in [0.1, 0.15) is 0 Å². The van der Waals surface area contributed by atoms with E-state index in [9.17, 15) is 4.79 Å². The highest BCUT2D eigenvalue weighted by Crippen LogP contribution is 2.27. The first kappa shape index (κ1) is 20.9. The van der Waals surface area contributed by atoms with Gasteiger partial charge in [-0.3, -0.25) is 4.79 Å². The van der Waals surface area contributed by atoms with E-state index in [-0.39, 0.29) is 16.6 Å². The number of carbonyl (C=O) groups is 1. The van der Waals surface area contributed by atoms with Gasteiger partial charge in [-0.1, -0.05) is 87.1 Å². The number of hydrogen-bond donors (Lipinski definition) is 2. The molecule has 1 amide bonds. The average Bonchev–Trinajstić information content (AvgIpc) is 3.06. The van der Waals surface area contributed by atoms with E-state index in [1.165, 1.54) is 22.0 Å². The lowest BCUT2D eigenvalue weighted by molar-refractivity contribution is -0.120. The fourth-order valence-electron chi connectivity index (χ4n) is 2.81. The largest absolute Gasteiger partial charge is 0.351 e. The number of aromatic nitrogens is 3. The van der Waals surface area contributed by atoms with Crippen LogP contribution in [0.5, 0.6) is 0 Å². The molecule has 3 aromatic rings. The molecule has 6 nitrogen and oxygen atoms in total. The van der Waals surface area contributed by atoms with Crippen molar-refractivity contribution in [1.82, 2.24) is 20.2 Å². The molecule has 29 heavy (non-hydrogen) atoms. The lowest BCUT2D eigenvalue weighted by Gasteiger charge is -2.19. The molecule has 0 unspecified atom stereocenters. The first-order valence-electron chi connectivity index (χ1n) is 9.55. The van der Waals surface area contributed by atoms with Crippen LogP contribution in [-0.2, 0) is 16.8 Å². The van der Waals surface area contributed by atoms with Gasteiger partial charge in [0.15, 0.2) is 5.82 Å². The molecular weight excluding hydrogens is 382 g/mol. The summed E-state index contributed by atoms with van der Waals surface area (Å²) in [6.45, 7) is 8.84. The van der Waals surface area contributed by atoms with E-state index in [0.29, 0.717) is 17.5 Å². The second-order valence-electron chi connectivity index (χ2n) is 7.97. The van der Waals surface area contributed by atoms with Crippen LogP contribution in [0.25, 0.3) is 11.4 Å². The second-order valence-corrected chi connectivity index (χ2v) is 9.27. The summed E-state index contributed by atoms with van der Waals surface area (Å²) in [5, 5.41) is 11.5. The summed E-state index contributed by atoms with van der Waals surface area (Å²) in [4.78, 5) is 12.4. The van der Waals surface area contributed by atoms with Gasteiger partial charge in [0, 0.05) is 12.1 Å². The Morgan fingerprint density at radius 2 is 1.76 bits per heavy atom. The Morgan fingerprint density at radius 3 is 2.38 bits per heavy atom. The van der Waals surface area contributed by atoms with Gasteiger partial charge < -0.3 is 11.2 Å². The monoisotopic (exact) mass is 409 g/mol. The number of thioether (sulfide) groups is 1. The Labute approximate surface area is 175 Å². The SMILES string of the molecule is C[C@H](Sc1nnc(-c2ccc(C(C)(C)C)cc2)n1N)C(=O)NCc1ccccc1. The molecule has 3 rings (SSSR count). The van der Waals surface area contributed by atoms with Gasteiger partial charge in [0.25, 0.3) is 0 Å². The highest BCUT2D eigenvalue weighted by Gasteiger charge is 2.20. The van der Waals surface area contributed by atoms with Crippen molar-refractivity contribution in [2.24, 2.45) is 0 Å². The van der Waals surface area contributed by atoms with E-state index in [2.05, 4.69) is 48.4 Å². The maximum Gasteiger partial charge on any atom is 0.233 e. The standard InChI is InChI=1S/C22H27N5OS/c1-15(20(28)24-14-16-8-6-5-7-9-16)29-21-26-25-19(27(21)23)17-10-12-18(13-11-17)22(2,3)4/h5-13,15H,14,23H2,1-4H3,(H,24,28)/t15-/m0/s1. The van der Waals surface area contributed by atoms with E-state index in [1.54, 1.807) is 0 Å². The maximum atomic E-state index is 12.4.